The number of carbonyl (C=O) groups excluding carboxylic acids is 1. The van der Waals surface area contributed by atoms with E-state index in [0.717, 1.165) is 12.8 Å². The summed E-state index contributed by atoms with van der Waals surface area (Å²) in [6.07, 6.45) is 1.86. The minimum atomic E-state index is -0.500. The molecule has 0 saturated carbocycles. The molecule has 2 rings (SSSR count). The number of halogens is 1. The van der Waals surface area contributed by atoms with E-state index in [2.05, 4.69) is 15.9 Å². The second-order valence-corrected chi connectivity index (χ2v) is 5.66. The largest absolute Gasteiger partial charge is 0.377 e. The average molecular weight is 357 g/mol. The van der Waals surface area contributed by atoms with Crippen LogP contribution in [0.2, 0.25) is 0 Å². The zero-order valence-corrected chi connectivity index (χ0v) is 13.3. The van der Waals surface area contributed by atoms with Crippen molar-refractivity contribution < 1.29 is 14.5 Å². The Morgan fingerprint density at radius 2 is 2.33 bits per heavy atom. The van der Waals surface area contributed by atoms with Gasteiger partial charge in [0.2, 0.25) is 0 Å². The van der Waals surface area contributed by atoms with Gasteiger partial charge in [0.05, 0.1) is 16.6 Å². The third-order valence-corrected chi connectivity index (χ3v) is 4.31. The molecule has 21 heavy (non-hydrogen) atoms. The van der Waals surface area contributed by atoms with Crippen LogP contribution in [-0.4, -0.2) is 41.5 Å². The van der Waals surface area contributed by atoms with Crippen LogP contribution in [0.15, 0.2) is 22.7 Å². The van der Waals surface area contributed by atoms with Gasteiger partial charge in [-0.3, -0.25) is 14.9 Å². The molecule has 1 heterocycles. The Balaban J connectivity index is 2.20. The predicted octanol–water partition coefficient (Wildman–Crippen LogP) is 3.00. The minimum Gasteiger partial charge on any atom is -0.377 e. The molecule has 1 aromatic rings. The van der Waals surface area contributed by atoms with Crippen molar-refractivity contribution in [2.24, 2.45) is 0 Å². The zero-order chi connectivity index (χ0) is 15.4. The van der Waals surface area contributed by atoms with E-state index in [1.165, 1.54) is 12.1 Å². The van der Waals surface area contributed by atoms with Crippen molar-refractivity contribution in [3.8, 4) is 0 Å². The molecule has 1 saturated heterocycles. The molecule has 114 valence electrons. The lowest BCUT2D eigenvalue weighted by atomic mass is 10.1. The van der Waals surface area contributed by atoms with Crippen LogP contribution < -0.4 is 0 Å². The van der Waals surface area contributed by atoms with Crippen LogP contribution in [-0.2, 0) is 4.74 Å². The summed E-state index contributed by atoms with van der Waals surface area (Å²) in [7, 11) is 0. The number of nitro groups is 1. The second-order valence-electron chi connectivity index (χ2n) is 4.87. The molecule has 1 unspecified atom stereocenters. The maximum Gasteiger partial charge on any atom is 0.284 e. The van der Waals surface area contributed by atoms with Gasteiger partial charge in [0.25, 0.3) is 11.6 Å². The highest BCUT2D eigenvalue weighted by atomic mass is 79.9. The summed E-state index contributed by atoms with van der Waals surface area (Å²) in [5.41, 5.74) is 0.223. The van der Waals surface area contributed by atoms with Crippen molar-refractivity contribution in [3.05, 3.63) is 38.3 Å². The first-order chi connectivity index (χ1) is 10.0. The molecular formula is C14H17BrN2O4. The molecule has 6 nitrogen and oxygen atoms in total. The molecule has 0 aliphatic carbocycles. The molecule has 1 atom stereocenters. The van der Waals surface area contributed by atoms with E-state index in [0.29, 0.717) is 25.3 Å². The Kier molecular flexibility index (Phi) is 5.30. The van der Waals surface area contributed by atoms with Gasteiger partial charge in [0.1, 0.15) is 4.47 Å². The smallest absolute Gasteiger partial charge is 0.284 e. The van der Waals surface area contributed by atoms with E-state index in [4.69, 9.17) is 4.74 Å². The van der Waals surface area contributed by atoms with Gasteiger partial charge in [-0.25, -0.2) is 0 Å². The Hall–Kier alpha value is -1.47. The quantitative estimate of drug-likeness (QED) is 0.613. The Bertz CT molecular complexity index is 548. The summed E-state index contributed by atoms with van der Waals surface area (Å²) < 4.78 is 5.81. The Morgan fingerprint density at radius 3 is 3.00 bits per heavy atom. The molecule has 0 aromatic heterocycles. The predicted molar refractivity (Wildman–Crippen MR) is 81.3 cm³/mol. The molecule has 7 heteroatoms. The molecule has 0 spiro atoms. The number of rotatable bonds is 4. The van der Waals surface area contributed by atoms with E-state index in [9.17, 15) is 14.9 Å². The van der Waals surface area contributed by atoms with Crippen molar-refractivity contribution >= 4 is 27.5 Å². The number of carbonyl (C=O) groups is 1. The summed E-state index contributed by atoms with van der Waals surface area (Å²) in [6.45, 7) is 3.73. The fraction of sp³-hybridized carbons (Fsp3) is 0.500. The number of benzene rings is 1. The van der Waals surface area contributed by atoms with Gasteiger partial charge in [-0.2, -0.15) is 0 Å². The van der Waals surface area contributed by atoms with Crippen molar-refractivity contribution in [1.82, 2.24) is 4.90 Å². The van der Waals surface area contributed by atoms with Gasteiger partial charge in [0.15, 0.2) is 0 Å². The molecule has 1 aliphatic rings. The lowest BCUT2D eigenvalue weighted by molar-refractivity contribution is -0.385. The molecule has 0 N–H and O–H groups in total. The maximum absolute atomic E-state index is 12.6. The van der Waals surface area contributed by atoms with Crippen molar-refractivity contribution in [1.29, 1.82) is 0 Å². The third kappa shape index (κ3) is 3.59. The number of amides is 1. The summed E-state index contributed by atoms with van der Waals surface area (Å²) >= 11 is 3.17. The fourth-order valence-electron chi connectivity index (χ4n) is 2.49. The number of piperidine rings is 1. The number of nitro benzene ring substituents is 1. The van der Waals surface area contributed by atoms with Crippen molar-refractivity contribution in [3.63, 3.8) is 0 Å². The number of nitrogens with zero attached hydrogens (tertiary/aromatic N) is 2. The molecule has 1 fully saturated rings. The first kappa shape index (κ1) is 15.9. The number of hydrogen-bond acceptors (Lipinski definition) is 4. The second kappa shape index (κ2) is 7.00. The SMILES string of the molecule is CCOC1CCCN(C(=O)c2cccc([N+](=O)[O-])c2Br)C1. The van der Waals surface area contributed by atoms with Gasteiger partial charge >= 0.3 is 0 Å². The third-order valence-electron chi connectivity index (χ3n) is 3.47. The van der Waals surface area contributed by atoms with Crippen LogP contribution in [0.25, 0.3) is 0 Å². The molecule has 0 radical (unpaired) electrons. The zero-order valence-electron chi connectivity index (χ0n) is 11.8. The van der Waals surface area contributed by atoms with Crippen molar-refractivity contribution in [2.45, 2.75) is 25.9 Å². The molecule has 0 bridgehead atoms. The summed E-state index contributed by atoms with van der Waals surface area (Å²) in [5, 5.41) is 10.9. The highest BCUT2D eigenvalue weighted by Gasteiger charge is 2.27. The first-order valence-electron chi connectivity index (χ1n) is 6.88. The standard InChI is InChI=1S/C14H17BrN2O4/c1-2-21-10-5-4-8-16(9-10)14(18)11-6-3-7-12(13(11)15)17(19)20/h3,6-7,10H,2,4-5,8-9H2,1H3. The average Bonchev–Trinajstić information content (AvgIpc) is 2.47. The highest BCUT2D eigenvalue weighted by molar-refractivity contribution is 9.10. The Labute approximate surface area is 131 Å². The summed E-state index contributed by atoms with van der Waals surface area (Å²) in [4.78, 5) is 24.7. The van der Waals surface area contributed by atoms with E-state index in [-0.39, 0.29) is 22.2 Å². The minimum absolute atomic E-state index is 0.0465. The number of hydrogen-bond donors (Lipinski definition) is 0. The summed E-state index contributed by atoms with van der Waals surface area (Å²) in [5.74, 6) is -0.199. The van der Waals surface area contributed by atoms with E-state index in [1.807, 2.05) is 6.92 Å². The fourth-order valence-corrected chi connectivity index (χ4v) is 3.07. The van der Waals surface area contributed by atoms with Gasteiger partial charge in [-0.05, 0) is 41.8 Å². The van der Waals surface area contributed by atoms with Crippen LogP contribution in [0.4, 0.5) is 5.69 Å². The van der Waals surface area contributed by atoms with E-state index >= 15 is 0 Å². The van der Waals surface area contributed by atoms with Gasteiger partial charge in [-0.1, -0.05) is 6.07 Å². The normalized spacial score (nSPS) is 18.6. The topological polar surface area (TPSA) is 72.7 Å². The monoisotopic (exact) mass is 356 g/mol. The van der Waals surface area contributed by atoms with Crippen LogP contribution in [0, 0.1) is 10.1 Å². The van der Waals surface area contributed by atoms with Crippen LogP contribution in [0.1, 0.15) is 30.1 Å². The van der Waals surface area contributed by atoms with Gasteiger partial charge < -0.3 is 9.64 Å². The summed E-state index contributed by atoms with van der Waals surface area (Å²) in [6, 6.07) is 4.50. The van der Waals surface area contributed by atoms with E-state index < -0.39 is 4.92 Å². The Morgan fingerprint density at radius 1 is 1.57 bits per heavy atom. The first-order valence-corrected chi connectivity index (χ1v) is 7.67. The molecule has 1 aliphatic heterocycles. The number of likely N-dealkylation sites (tertiary alicyclic amines) is 1. The van der Waals surface area contributed by atoms with Gasteiger partial charge in [0, 0.05) is 25.8 Å². The van der Waals surface area contributed by atoms with Crippen LogP contribution >= 0.6 is 15.9 Å². The maximum atomic E-state index is 12.6. The molecular weight excluding hydrogens is 340 g/mol. The molecule has 1 amide bonds. The highest BCUT2D eigenvalue weighted by Crippen LogP contribution is 2.29. The van der Waals surface area contributed by atoms with E-state index in [1.54, 1.807) is 11.0 Å². The van der Waals surface area contributed by atoms with Crippen molar-refractivity contribution in [2.75, 3.05) is 19.7 Å². The lowest BCUT2D eigenvalue weighted by Crippen LogP contribution is -2.43. The van der Waals surface area contributed by atoms with Gasteiger partial charge in [-0.15, -0.1) is 0 Å². The lowest BCUT2D eigenvalue weighted by Gasteiger charge is -2.32. The van der Waals surface area contributed by atoms with Crippen LogP contribution in [0.5, 0.6) is 0 Å². The number of ether oxygens (including phenoxy) is 1. The molecule has 1 aromatic carbocycles. The van der Waals surface area contributed by atoms with Crippen LogP contribution in [0.3, 0.4) is 0 Å².